The van der Waals surface area contributed by atoms with E-state index in [-0.39, 0.29) is 6.61 Å². The van der Waals surface area contributed by atoms with Crippen molar-refractivity contribution in [3.63, 3.8) is 0 Å². The summed E-state index contributed by atoms with van der Waals surface area (Å²) < 4.78 is 17.3. The molecule has 3 rings (SSSR count). The Morgan fingerprint density at radius 3 is 2.50 bits per heavy atom. The molecule has 1 aliphatic carbocycles. The van der Waals surface area contributed by atoms with Crippen LogP contribution in [0.5, 0.6) is 0 Å². The van der Waals surface area contributed by atoms with E-state index in [4.69, 9.17) is 37.4 Å². The second-order valence-corrected chi connectivity index (χ2v) is 6.40. The summed E-state index contributed by atoms with van der Waals surface area (Å²) >= 11 is 12.6. The van der Waals surface area contributed by atoms with Gasteiger partial charge >= 0.3 is 5.97 Å². The molecule has 2 unspecified atom stereocenters. The zero-order chi connectivity index (χ0) is 15.7. The predicted molar refractivity (Wildman–Crippen MR) is 83.0 cm³/mol. The maximum atomic E-state index is 12.3. The molecule has 2 atom stereocenters. The Labute approximate surface area is 139 Å². The molecule has 1 spiro atoms. The normalized spacial score (nSPS) is 26.5. The van der Waals surface area contributed by atoms with Gasteiger partial charge in [-0.2, -0.15) is 0 Å². The fourth-order valence-electron chi connectivity index (χ4n) is 3.15. The van der Waals surface area contributed by atoms with Gasteiger partial charge in [0.15, 0.2) is 11.9 Å². The first-order valence-corrected chi connectivity index (χ1v) is 8.28. The molecule has 0 radical (unpaired) electrons. The lowest BCUT2D eigenvalue weighted by atomic mass is 10.0. The molecule has 0 amide bonds. The van der Waals surface area contributed by atoms with Crippen molar-refractivity contribution in [3.05, 3.63) is 33.8 Å². The van der Waals surface area contributed by atoms with Crippen LogP contribution in [0.2, 0.25) is 10.0 Å². The van der Waals surface area contributed by atoms with Gasteiger partial charge in [-0.1, -0.05) is 29.3 Å². The van der Waals surface area contributed by atoms with Gasteiger partial charge in [-0.25, -0.2) is 4.79 Å². The highest BCUT2D eigenvalue weighted by Crippen LogP contribution is 2.49. The summed E-state index contributed by atoms with van der Waals surface area (Å²) in [6, 6.07) is 5.22. The molecule has 6 heteroatoms. The molecule has 1 aromatic rings. The number of halogens is 2. The predicted octanol–water partition coefficient (Wildman–Crippen LogP) is 4.28. The number of hydrogen-bond donors (Lipinski definition) is 0. The monoisotopic (exact) mass is 344 g/mol. The van der Waals surface area contributed by atoms with Gasteiger partial charge in [-0.3, -0.25) is 0 Å². The highest BCUT2D eigenvalue weighted by molar-refractivity contribution is 6.36. The minimum atomic E-state index is -0.838. The third kappa shape index (κ3) is 2.85. The molecule has 0 N–H and O–H groups in total. The van der Waals surface area contributed by atoms with E-state index < -0.39 is 24.0 Å². The van der Waals surface area contributed by atoms with Crippen molar-refractivity contribution < 1.29 is 19.0 Å². The molecule has 1 aliphatic heterocycles. The number of carbonyl (C=O) groups excluding carboxylic acids is 1. The smallest absolute Gasteiger partial charge is 0.338 e. The molecular weight excluding hydrogens is 327 g/mol. The summed E-state index contributed by atoms with van der Waals surface area (Å²) in [4.78, 5) is 12.3. The summed E-state index contributed by atoms with van der Waals surface area (Å²) in [6.45, 7) is 2.05. The van der Waals surface area contributed by atoms with E-state index in [0.717, 1.165) is 25.7 Å². The Hall–Kier alpha value is -0.810. The van der Waals surface area contributed by atoms with Gasteiger partial charge in [0.05, 0.1) is 6.61 Å². The maximum Gasteiger partial charge on any atom is 0.338 e. The average Bonchev–Trinajstić information content (AvgIpc) is 3.07. The quantitative estimate of drug-likeness (QED) is 0.767. The van der Waals surface area contributed by atoms with Crippen molar-refractivity contribution in [1.29, 1.82) is 0 Å². The molecule has 2 aliphatic rings. The van der Waals surface area contributed by atoms with Crippen LogP contribution in [-0.2, 0) is 19.0 Å². The van der Waals surface area contributed by atoms with Crippen LogP contribution in [0.15, 0.2) is 18.2 Å². The third-order valence-electron chi connectivity index (χ3n) is 4.13. The van der Waals surface area contributed by atoms with Crippen molar-refractivity contribution in [3.8, 4) is 0 Å². The summed E-state index contributed by atoms with van der Waals surface area (Å²) in [5.74, 6) is -1.16. The molecule has 4 nitrogen and oxygen atoms in total. The fraction of sp³-hybridized carbons (Fsp3) is 0.562. The highest BCUT2D eigenvalue weighted by atomic mass is 35.5. The minimum Gasteiger partial charge on any atom is -0.464 e. The van der Waals surface area contributed by atoms with Crippen LogP contribution >= 0.6 is 23.2 Å². The van der Waals surface area contributed by atoms with E-state index in [0.29, 0.717) is 15.6 Å². The van der Waals surface area contributed by atoms with Gasteiger partial charge in [0, 0.05) is 28.5 Å². The average molecular weight is 345 g/mol. The molecule has 1 saturated heterocycles. The van der Waals surface area contributed by atoms with Gasteiger partial charge in [0.25, 0.3) is 0 Å². The molecule has 1 saturated carbocycles. The van der Waals surface area contributed by atoms with Crippen molar-refractivity contribution in [1.82, 2.24) is 0 Å². The molecule has 22 heavy (non-hydrogen) atoms. The number of carbonyl (C=O) groups is 1. The lowest BCUT2D eigenvalue weighted by Crippen LogP contribution is -2.31. The van der Waals surface area contributed by atoms with Gasteiger partial charge in [-0.15, -0.1) is 0 Å². The minimum absolute atomic E-state index is 0.286. The molecule has 120 valence electrons. The first-order valence-electron chi connectivity index (χ1n) is 7.52. The highest BCUT2D eigenvalue weighted by Gasteiger charge is 2.53. The van der Waals surface area contributed by atoms with Gasteiger partial charge in [0.1, 0.15) is 6.10 Å². The van der Waals surface area contributed by atoms with Crippen LogP contribution in [0.4, 0.5) is 0 Å². The summed E-state index contributed by atoms with van der Waals surface area (Å²) in [7, 11) is 0. The summed E-state index contributed by atoms with van der Waals surface area (Å²) in [5, 5.41) is 0.927. The second kappa shape index (κ2) is 6.36. The van der Waals surface area contributed by atoms with E-state index in [9.17, 15) is 4.79 Å². The SMILES string of the molecule is CCOC(=O)C1OC2(CCCC2)OC1c1c(Cl)cccc1Cl. The number of rotatable bonds is 3. The number of esters is 1. The van der Waals surface area contributed by atoms with Crippen LogP contribution < -0.4 is 0 Å². The Balaban J connectivity index is 1.97. The summed E-state index contributed by atoms with van der Waals surface area (Å²) in [5.41, 5.74) is 0.590. The standard InChI is InChI=1S/C16H18Cl2O4/c1-2-20-15(19)14-13(12-10(17)6-5-7-11(12)18)21-16(22-14)8-3-4-9-16/h5-7,13-14H,2-4,8-9H2,1H3. The van der Waals surface area contributed by atoms with Crippen LogP contribution in [-0.4, -0.2) is 24.5 Å². The van der Waals surface area contributed by atoms with E-state index in [1.54, 1.807) is 25.1 Å². The van der Waals surface area contributed by atoms with Crippen LogP contribution in [0.1, 0.15) is 44.3 Å². The molecule has 0 aromatic heterocycles. The maximum absolute atomic E-state index is 12.3. The number of benzene rings is 1. The van der Waals surface area contributed by atoms with E-state index in [1.807, 2.05) is 0 Å². The zero-order valence-corrected chi connectivity index (χ0v) is 13.8. The van der Waals surface area contributed by atoms with Crippen molar-refractivity contribution >= 4 is 29.2 Å². The molecule has 1 aromatic carbocycles. The zero-order valence-electron chi connectivity index (χ0n) is 12.3. The van der Waals surface area contributed by atoms with Crippen molar-refractivity contribution in [2.45, 2.75) is 50.6 Å². The van der Waals surface area contributed by atoms with Gasteiger partial charge < -0.3 is 14.2 Å². The largest absolute Gasteiger partial charge is 0.464 e. The van der Waals surface area contributed by atoms with Crippen LogP contribution in [0.3, 0.4) is 0 Å². The lowest BCUT2D eigenvalue weighted by Gasteiger charge is -2.22. The van der Waals surface area contributed by atoms with E-state index >= 15 is 0 Å². The molecule has 2 fully saturated rings. The molecule has 0 bridgehead atoms. The van der Waals surface area contributed by atoms with E-state index in [2.05, 4.69) is 0 Å². The molecular formula is C16H18Cl2O4. The van der Waals surface area contributed by atoms with Gasteiger partial charge in [0.2, 0.25) is 0 Å². The van der Waals surface area contributed by atoms with Crippen LogP contribution in [0.25, 0.3) is 0 Å². The number of ether oxygens (including phenoxy) is 3. The third-order valence-corrected chi connectivity index (χ3v) is 4.79. The second-order valence-electron chi connectivity index (χ2n) is 5.58. The van der Waals surface area contributed by atoms with Crippen molar-refractivity contribution in [2.75, 3.05) is 6.61 Å². The Morgan fingerprint density at radius 1 is 1.27 bits per heavy atom. The summed E-state index contributed by atoms with van der Waals surface area (Å²) in [6.07, 6.45) is 2.08. The van der Waals surface area contributed by atoms with Crippen molar-refractivity contribution in [2.24, 2.45) is 0 Å². The Bertz CT molecular complexity index is 549. The topological polar surface area (TPSA) is 44.8 Å². The Kier molecular flexibility index (Phi) is 4.64. The first-order chi connectivity index (χ1) is 10.6. The molecule has 1 heterocycles. The number of hydrogen-bond acceptors (Lipinski definition) is 4. The lowest BCUT2D eigenvalue weighted by molar-refractivity contribution is -0.181. The first kappa shape index (κ1) is 16.1. The Morgan fingerprint density at radius 2 is 1.91 bits per heavy atom. The van der Waals surface area contributed by atoms with Gasteiger partial charge in [-0.05, 0) is 31.9 Å². The van der Waals surface area contributed by atoms with Crippen LogP contribution in [0, 0.1) is 0 Å². The fourth-order valence-corrected chi connectivity index (χ4v) is 3.76. The van der Waals surface area contributed by atoms with E-state index in [1.165, 1.54) is 0 Å².